The number of rotatable bonds is 9. The number of hydrogen-bond donors (Lipinski definition) is 1. The topological polar surface area (TPSA) is 94.2 Å². The highest BCUT2D eigenvalue weighted by Gasteiger charge is 2.28. The number of aryl methyl sites for hydroxylation is 1. The van der Waals surface area contributed by atoms with E-state index in [-0.39, 0.29) is 10.6 Å². The number of methoxy groups -OCH3 is 3. The molecule has 3 aromatic rings. The summed E-state index contributed by atoms with van der Waals surface area (Å²) in [4.78, 5) is 12.9. The molecule has 0 aromatic heterocycles. The van der Waals surface area contributed by atoms with Crippen LogP contribution in [0.2, 0.25) is 0 Å². The summed E-state index contributed by atoms with van der Waals surface area (Å²) in [6.07, 6.45) is 0. The van der Waals surface area contributed by atoms with Crippen molar-refractivity contribution in [2.75, 3.05) is 37.5 Å². The average Bonchev–Trinajstić information content (AvgIpc) is 2.83. The van der Waals surface area contributed by atoms with Crippen LogP contribution in [-0.4, -0.2) is 42.2 Å². The van der Waals surface area contributed by atoms with E-state index in [0.717, 1.165) is 9.87 Å². The van der Waals surface area contributed by atoms with Crippen molar-refractivity contribution in [1.29, 1.82) is 0 Å². The number of ether oxygens (including phenoxy) is 3. The largest absolute Gasteiger partial charge is 0.495 e. The molecule has 3 rings (SSSR count). The predicted octanol–water partition coefficient (Wildman–Crippen LogP) is 3.85. The lowest BCUT2D eigenvalue weighted by Crippen LogP contribution is -2.38. The van der Waals surface area contributed by atoms with Gasteiger partial charge in [-0.3, -0.25) is 9.10 Å². The molecule has 0 saturated carbocycles. The molecule has 0 fully saturated rings. The van der Waals surface area contributed by atoms with Gasteiger partial charge in [-0.2, -0.15) is 0 Å². The summed E-state index contributed by atoms with van der Waals surface area (Å²) in [6.45, 7) is 1.45. The van der Waals surface area contributed by atoms with Crippen LogP contribution in [0.5, 0.6) is 17.2 Å². The molecule has 0 bridgehead atoms. The lowest BCUT2D eigenvalue weighted by molar-refractivity contribution is -0.114. The smallest absolute Gasteiger partial charge is 0.264 e. The molecule has 0 aliphatic carbocycles. The van der Waals surface area contributed by atoms with E-state index in [1.165, 1.54) is 39.5 Å². The highest BCUT2D eigenvalue weighted by atomic mass is 32.2. The number of nitrogens with one attached hydrogen (secondary N) is 1. The van der Waals surface area contributed by atoms with Crippen LogP contribution >= 0.6 is 0 Å². The maximum absolute atomic E-state index is 13.6. The van der Waals surface area contributed by atoms with Crippen LogP contribution in [0.4, 0.5) is 11.4 Å². The van der Waals surface area contributed by atoms with E-state index in [9.17, 15) is 13.2 Å². The van der Waals surface area contributed by atoms with Crippen molar-refractivity contribution < 1.29 is 27.4 Å². The minimum atomic E-state index is -4.12. The summed E-state index contributed by atoms with van der Waals surface area (Å²) in [7, 11) is 0.258. The maximum Gasteiger partial charge on any atom is 0.264 e. The number of amides is 1. The van der Waals surface area contributed by atoms with E-state index in [0.29, 0.717) is 22.9 Å². The molecule has 33 heavy (non-hydrogen) atoms. The summed E-state index contributed by atoms with van der Waals surface area (Å²) in [5, 5.41) is 2.72. The first-order valence-corrected chi connectivity index (χ1v) is 11.5. The third kappa shape index (κ3) is 5.38. The normalized spacial score (nSPS) is 10.9. The van der Waals surface area contributed by atoms with E-state index in [2.05, 4.69) is 5.32 Å². The van der Waals surface area contributed by atoms with Gasteiger partial charge in [-0.05, 0) is 43.3 Å². The van der Waals surface area contributed by atoms with Crippen molar-refractivity contribution in [2.45, 2.75) is 11.8 Å². The first-order chi connectivity index (χ1) is 15.8. The monoisotopic (exact) mass is 470 g/mol. The fraction of sp³-hybridized carbons (Fsp3) is 0.208. The zero-order valence-corrected chi connectivity index (χ0v) is 19.7. The first-order valence-electron chi connectivity index (χ1n) is 10.0. The molecule has 1 amide bonds. The standard InChI is InChI=1S/C24H26N2O6S/c1-17-9-11-18(12-10-17)26(16-24(27)25-20-7-5-6-8-21(20)30-2)33(28,29)19-13-14-22(31-3)23(15-19)32-4/h5-15H,16H2,1-4H3,(H,25,27). The first kappa shape index (κ1) is 23.9. The molecule has 8 nitrogen and oxygen atoms in total. The Balaban J connectivity index is 1.99. The number of anilines is 2. The van der Waals surface area contributed by atoms with Gasteiger partial charge in [0.05, 0.1) is 37.6 Å². The molecule has 0 aliphatic heterocycles. The van der Waals surface area contributed by atoms with Crippen LogP contribution in [0.15, 0.2) is 71.6 Å². The maximum atomic E-state index is 13.6. The van der Waals surface area contributed by atoms with Gasteiger partial charge >= 0.3 is 0 Å². The lowest BCUT2D eigenvalue weighted by atomic mass is 10.2. The fourth-order valence-electron chi connectivity index (χ4n) is 3.20. The second-order valence-electron chi connectivity index (χ2n) is 7.11. The van der Waals surface area contributed by atoms with Crippen LogP contribution in [0.3, 0.4) is 0 Å². The number of carbonyl (C=O) groups excluding carboxylic acids is 1. The van der Waals surface area contributed by atoms with Crippen molar-refractivity contribution in [3.8, 4) is 17.2 Å². The van der Waals surface area contributed by atoms with Gasteiger partial charge in [-0.15, -0.1) is 0 Å². The molecule has 3 aromatic carbocycles. The van der Waals surface area contributed by atoms with Crippen LogP contribution in [0.25, 0.3) is 0 Å². The quantitative estimate of drug-likeness (QED) is 0.511. The molecule has 0 spiro atoms. The molecule has 0 unspecified atom stereocenters. The van der Waals surface area contributed by atoms with Crippen LogP contribution < -0.4 is 23.8 Å². The zero-order valence-electron chi connectivity index (χ0n) is 18.9. The lowest BCUT2D eigenvalue weighted by Gasteiger charge is -2.25. The molecular weight excluding hydrogens is 444 g/mol. The zero-order chi connectivity index (χ0) is 24.0. The van der Waals surface area contributed by atoms with Gasteiger partial charge in [0, 0.05) is 6.07 Å². The Kier molecular flexibility index (Phi) is 7.44. The second kappa shape index (κ2) is 10.3. The van der Waals surface area contributed by atoms with Crippen molar-refractivity contribution in [3.63, 3.8) is 0 Å². The predicted molar refractivity (Wildman–Crippen MR) is 127 cm³/mol. The summed E-state index contributed by atoms with van der Waals surface area (Å²) >= 11 is 0. The van der Waals surface area contributed by atoms with Crippen LogP contribution in [0.1, 0.15) is 5.56 Å². The number of benzene rings is 3. The molecule has 9 heteroatoms. The van der Waals surface area contributed by atoms with Crippen molar-refractivity contribution >= 4 is 27.3 Å². The van der Waals surface area contributed by atoms with Gasteiger partial charge in [0.25, 0.3) is 10.0 Å². The minimum absolute atomic E-state index is 0.0363. The molecule has 0 heterocycles. The van der Waals surface area contributed by atoms with Crippen molar-refractivity contribution in [3.05, 3.63) is 72.3 Å². The van der Waals surface area contributed by atoms with Gasteiger partial charge in [0.1, 0.15) is 12.3 Å². The van der Waals surface area contributed by atoms with E-state index >= 15 is 0 Å². The Bertz CT molecular complexity index is 1230. The van der Waals surface area contributed by atoms with Gasteiger partial charge in [-0.25, -0.2) is 8.42 Å². The fourth-order valence-corrected chi connectivity index (χ4v) is 4.64. The average molecular weight is 471 g/mol. The summed E-state index contributed by atoms with van der Waals surface area (Å²) in [5.74, 6) is 0.604. The van der Waals surface area contributed by atoms with Crippen molar-refractivity contribution in [1.82, 2.24) is 0 Å². The molecule has 174 valence electrons. The van der Waals surface area contributed by atoms with E-state index < -0.39 is 22.5 Å². The molecule has 0 aliphatic rings. The van der Waals surface area contributed by atoms with Crippen LogP contribution in [0, 0.1) is 6.92 Å². The number of sulfonamides is 1. The molecular formula is C24H26N2O6S. The molecule has 1 N–H and O–H groups in total. The Hall–Kier alpha value is -3.72. The Morgan fingerprint density at radius 3 is 2.12 bits per heavy atom. The Labute approximate surface area is 193 Å². The summed E-state index contributed by atoms with van der Waals surface area (Å²) < 4.78 is 44.0. The number of nitrogens with zero attached hydrogens (tertiary/aromatic N) is 1. The van der Waals surface area contributed by atoms with Gasteiger partial charge in [0.15, 0.2) is 11.5 Å². The molecule has 0 atom stereocenters. The molecule has 0 radical (unpaired) electrons. The number of hydrogen-bond acceptors (Lipinski definition) is 6. The minimum Gasteiger partial charge on any atom is -0.495 e. The summed E-state index contributed by atoms with van der Waals surface area (Å²) in [6, 6.07) is 18.1. The summed E-state index contributed by atoms with van der Waals surface area (Å²) in [5.41, 5.74) is 1.75. The Morgan fingerprint density at radius 1 is 0.848 bits per heavy atom. The van der Waals surface area contributed by atoms with Crippen LogP contribution in [-0.2, 0) is 14.8 Å². The highest BCUT2D eigenvalue weighted by molar-refractivity contribution is 7.92. The number of para-hydroxylation sites is 2. The van der Waals surface area contributed by atoms with Gasteiger partial charge in [-0.1, -0.05) is 29.8 Å². The van der Waals surface area contributed by atoms with Gasteiger partial charge < -0.3 is 19.5 Å². The van der Waals surface area contributed by atoms with E-state index in [1.807, 2.05) is 6.92 Å². The molecule has 0 saturated heterocycles. The third-order valence-electron chi connectivity index (χ3n) is 4.93. The van der Waals surface area contributed by atoms with Gasteiger partial charge in [0.2, 0.25) is 5.91 Å². The number of carbonyl (C=O) groups is 1. The van der Waals surface area contributed by atoms with E-state index in [4.69, 9.17) is 14.2 Å². The Morgan fingerprint density at radius 2 is 1.48 bits per heavy atom. The van der Waals surface area contributed by atoms with Crippen molar-refractivity contribution in [2.24, 2.45) is 0 Å². The van der Waals surface area contributed by atoms with E-state index in [1.54, 1.807) is 48.5 Å². The second-order valence-corrected chi connectivity index (χ2v) is 8.97. The third-order valence-corrected chi connectivity index (χ3v) is 6.70. The highest BCUT2D eigenvalue weighted by Crippen LogP contribution is 2.32. The SMILES string of the molecule is COc1ccccc1NC(=O)CN(c1ccc(C)cc1)S(=O)(=O)c1ccc(OC)c(OC)c1.